The van der Waals surface area contributed by atoms with Crippen LogP contribution in [0.3, 0.4) is 0 Å². The van der Waals surface area contributed by atoms with Crippen molar-refractivity contribution in [1.82, 2.24) is 14.9 Å². The zero-order valence-corrected chi connectivity index (χ0v) is 20.7. The largest absolute Gasteiger partial charge is 0.493 e. The molecule has 2 N–H and O–H groups in total. The first-order valence-electron chi connectivity index (χ1n) is 11.3. The third-order valence-electron chi connectivity index (χ3n) is 5.58. The van der Waals surface area contributed by atoms with E-state index >= 15 is 0 Å². The third-order valence-corrected chi connectivity index (χ3v) is 7.50. The number of carbonyl (C=O) groups excluding carboxylic acids is 2. The van der Waals surface area contributed by atoms with Crippen molar-refractivity contribution in [2.24, 2.45) is 0 Å². The molecule has 11 heteroatoms. The highest BCUT2D eigenvalue weighted by Crippen LogP contribution is 2.27. The van der Waals surface area contributed by atoms with Gasteiger partial charge in [0.25, 0.3) is 0 Å². The van der Waals surface area contributed by atoms with Crippen molar-refractivity contribution >= 4 is 21.8 Å². The van der Waals surface area contributed by atoms with E-state index in [1.165, 1.54) is 4.31 Å². The summed E-state index contributed by atoms with van der Waals surface area (Å²) in [6.45, 7) is 2.00. The van der Waals surface area contributed by atoms with E-state index in [-0.39, 0.29) is 11.4 Å². The van der Waals surface area contributed by atoms with Crippen LogP contribution in [0.5, 0.6) is 11.5 Å². The number of nitrogens with zero attached hydrogens (tertiary/aromatic N) is 1. The number of morpholine rings is 1. The fourth-order valence-corrected chi connectivity index (χ4v) is 5.01. The Hall–Kier alpha value is -3.15. The van der Waals surface area contributed by atoms with Crippen LogP contribution in [0.2, 0.25) is 0 Å². The van der Waals surface area contributed by atoms with Crippen LogP contribution in [0.1, 0.15) is 11.1 Å². The highest BCUT2D eigenvalue weighted by Gasteiger charge is 2.26. The van der Waals surface area contributed by atoms with Gasteiger partial charge in [-0.25, -0.2) is 8.42 Å². The van der Waals surface area contributed by atoms with E-state index in [0.29, 0.717) is 57.2 Å². The molecule has 0 unspecified atom stereocenters. The molecule has 0 saturated carbocycles. The van der Waals surface area contributed by atoms with Crippen LogP contribution in [0, 0.1) is 0 Å². The number of carbonyl (C=O) groups is 2. The van der Waals surface area contributed by atoms with Crippen LogP contribution >= 0.6 is 0 Å². The van der Waals surface area contributed by atoms with Crippen LogP contribution in [-0.4, -0.2) is 78.1 Å². The Morgan fingerprint density at radius 3 is 1.97 bits per heavy atom. The summed E-state index contributed by atoms with van der Waals surface area (Å²) in [5, 5.41) is 5.18. The molecule has 190 valence electrons. The summed E-state index contributed by atoms with van der Waals surface area (Å²) < 4.78 is 42.4. The van der Waals surface area contributed by atoms with E-state index in [2.05, 4.69) is 10.6 Å². The molecule has 0 aliphatic carbocycles. The van der Waals surface area contributed by atoms with Crippen molar-refractivity contribution in [3.8, 4) is 11.5 Å². The molecule has 0 aromatic heterocycles. The van der Waals surface area contributed by atoms with Crippen molar-refractivity contribution < 1.29 is 32.2 Å². The first-order valence-corrected chi connectivity index (χ1v) is 12.7. The SMILES string of the molecule is COc1ccc(CCNC(=O)C(=O)NCCc2ccc(S(=O)(=O)N3CCOCC3)cc2)cc1OC. The maximum Gasteiger partial charge on any atom is 0.309 e. The van der Waals surface area contributed by atoms with Gasteiger partial charge in [0.2, 0.25) is 10.0 Å². The molecule has 0 spiro atoms. The Bertz CT molecular complexity index is 1110. The number of hydrogen-bond donors (Lipinski definition) is 2. The molecule has 35 heavy (non-hydrogen) atoms. The second-order valence-corrected chi connectivity index (χ2v) is 9.80. The molecule has 1 heterocycles. The van der Waals surface area contributed by atoms with Crippen molar-refractivity contribution in [2.75, 3.05) is 53.6 Å². The Labute approximate surface area is 205 Å². The number of sulfonamides is 1. The minimum absolute atomic E-state index is 0.223. The van der Waals surface area contributed by atoms with Crippen LogP contribution < -0.4 is 20.1 Å². The Balaban J connectivity index is 1.40. The molecule has 10 nitrogen and oxygen atoms in total. The van der Waals surface area contributed by atoms with Crippen LogP contribution in [0.15, 0.2) is 47.4 Å². The fourth-order valence-electron chi connectivity index (χ4n) is 3.60. The van der Waals surface area contributed by atoms with Crippen LogP contribution in [-0.2, 0) is 37.2 Å². The maximum absolute atomic E-state index is 12.7. The van der Waals surface area contributed by atoms with E-state index in [4.69, 9.17) is 14.2 Å². The van der Waals surface area contributed by atoms with Gasteiger partial charge in [0.15, 0.2) is 11.5 Å². The van der Waals surface area contributed by atoms with E-state index in [1.807, 2.05) is 12.1 Å². The van der Waals surface area contributed by atoms with Gasteiger partial charge in [-0.3, -0.25) is 9.59 Å². The van der Waals surface area contributed by atoms with Crippen molar-refractivity contribution in [3.63, 3.8) is 0 Å². The summed E-state index contributed by atoms with van der Waals surface area (Å²) in [5.41, 5.74) is 1.78. The minimum Gasteiger partial charge on any atom is -0.493 e. The number of amides is 2. The monoisotopic (exact) mass is 505 g/mol. The zero-order chi connectivity index (χ0) is 25.3. The molecule has 1 aliphatic heterocycles. The fraction of sp³-hybridized carbons (Fsp3) is 0.417. The van der Waals surface area contributed by atoms with E-state index in [9.17, 15) is 18.0 Å². The second kappa shape index (κ2) is 12.5. The molecule has 1 aliphatic rings. The second-order valence-electron chi connectivity index (χ2n) is 7.86. The summed E-state index contributed by atoms with van der Waals surface area (Å²) in [7, 11) is -0.434. The first kappa shape index (κ1) is 26.5. The lowest BCUT2D eigenvalue weighted by molar-refractivity contribution is -0.139. The smallest absolute Gasteiger partial charge is 0.309 e. The number of nitrogens with one attached hydrogen (secondary N) is 2. The van der Waals surface area contributed by atoms with Crippen LogP contribution in [0.25, 0.3) is 0 Å². The van der Waals surface area contributed by atoms with E-state index in [0.717, 1.165) is 11.1 Å². The molecule has 2 aromatic rings. The molecule has 3 rings (SSSR count). The van der Waals surface area contributed by atoms with Crippen molar-refractivity contribution in [2.45, 2.75) is 17.7 Å². The van der Waals surface area contributed by atoms with Gasteiger partial charge in [0.05, 0.1) is 32.3 Å². The Morgan fingerprint density at radius 2 is 1.40 bits per heavy atom. The predicted molar refractivity (Wildman–Crippen MR) is 129 cm³/mol. The highest BCUT2D eigenvalue weighted by atomic mass is 32.2. The quantitative estimate of drug-likeness (QED) is 0.457. The molecule has 1 fully saturated rings. The molecule has 2 amide bonds. The highest BCUT2D eigenvalue weighted by molar-refractivity contribution is 7.89. The average Bonchev–Trinajstić information content (AvgIpc) is 2.89. The topological polar surface area (TPSA) is 123 Å². The predicted octanol–water partition coefficient (Wildman–Crippen LogP) is 0.742. The van der Waals surface area contributed by atoms with Gasteiger partial charge in [-0.05, 0) is 48.2 Å². The lowest BCUT2D eigenvalue weighted by Crippen LogP contribution is -2.41. The zero-order valence-electron chi connectivity index (χ0n) is 19.9. The Morgan fingerprint density at radius 1 is 0.857 bits per heavy atom. The number of rotatable bonds is 10. The lowest BCUT2D eigenvalue weighted by Gasteiger charge is -2.26. The molecule has 0 radical (unpaired) electrons. The summed E-state index contributed by atoms with van der Waals surface area (Å²) in [4.78, 5) is 24.3. The molecule has 1 saturated heterocycles. The Kier molecular flexibility index (Phi) is 9.47. The van der Waals surface area contributed by atoms with Gasteiger partial charge in [0, 0.05) is 26.2 Å². The molecular weight excluding hydrogens is 474 g/mol. The molecule has 2 aromatic carbocycles. The van der Waals surface area contributed by atoms with Gasteiger partial charge in [-0.1, -0.05) is 18.2 Å². The number of ether oxygens (including phenoxy) is 3. The van der Waals surface area contributed by atoms with Crippen LogP contribution in [0.4, 0.5) is 0 Å². The molecular formula is C24H31N3O7S. The number of methoxy groups -OCH3 is 2. The number of hydrogen-bond acceptors (Lipinski definition) is 7. The summed E-state index contributed by atoms with van der Waals surface area (Å²) in [5.74, 6) is -0.213. The molecule has 0 bridgehead atoms. The summed E-state index contributed by atoms with van der Waals surface area (Å²) in [6, 6.07) is 12.0. The van der Waals surface area contributed by atoms with E-state index in [1.54, 1.807) is 44.6 Å². The van der Waals surface area contributed by atoms with Gasteiger partial charge < -0.3 is 24.8 Å². The third kappa shape index (κ3) is 7.17. The summed E-state index contributed by atoms with van der Waals surface area (Å²) >= 11 is 0. The van der Waals surface area contributed by atoms with Gasteiger partial charge in [0.1, 0.15) is 0 Å². The van der Waals surface area contributed by atoms with Gasteiger partial charge in [-0.2, -0.15) is 4.31 Å². The van der Waals surface area contributed by atoms with Gasteiger partial charge in [-0.15, -0.1) is 0 Å². The number of benzene rings is 2. The van der Waals surface area contributed by atoms with Crippen molar-refractivity contribution in [3.05, 3.63) is 53.6 Å². The van der Waals surface area contributed by atoms with Gasteiger partial charge >= 0.3 is 11.8 Å². The lowest BCUT2D eigenvalue weighted by atomic mass is 10.1. The maximum atomic E-state index is 12.7. The summed E-state index contributed by atoms with van der Waals surface area (Å²) in [6.07, 6.45) is 0.988. The standard InChI is InChI=1S/C24H31N3O7S/c1-32-21-8-5-19(17-22(21)33-2)10-12-26-24(29)23(28)25-11-9-18-3-6-20(7-4-18)35(30,31)27-13-15-34-16-14-27/h3-8,17H,9-16H2,1-2H3,(H,25,28)(H,26,29). The minimum atomic E-state index is -3.54. The first-order chi connectivity index (χ1) is 16.8. The normalized spacial score (nSPS) is 14.2. The van der Waals surface area contributed by atoms with E-state index < -0.39 is 21.8 Å². The van der Waals surface area contributed by atoms with Crippen molar-refractivity contribution in [1.29, 1.82) is 0 Å². The molecule has 0 atom stereocenters. The average molecular weight is 506 g/mol.